The molecule has 3 aromatic rings. The van der Waals surface area contributed by atoms with E-state index in [2.05, 4.69) is 30.9 Å². The van der Waals surface area contributed by atoms with Crippen molar-refractivity contribution < 1.29 is 9.72 Å². The number of benzene rings is 1. The molecule has 0 spiro atoms. The standard InChI is InChI=1S/C24H24N8O3/c1-17-3-2-14-31(16-17)24(33)29-19-6-4-18(5-7-19)21-10-11-26-23(30-21)27-13-12-25-22-9-8-20(15-28-22)32(34)35/h2-11,15-16H,12-14H2,1H3,(H,25,28)(H,29,33)(H,26,27,30). The predicted octanol–water partition coefficient (Wildman–Crippen LogP) is 4.28. The maximum Gasteiger partial charge on any atom is 0.326 e. The van der Waals surface area contributed by atoms with Crippen molar-refractivity contribution in [1.82, 2.24) is 19.9 Å². The highest BCUT2D eigenvalue weighted by Crippen LogP contribution is 2.21. The number of amides is 2. The summed E-state index contributed by atoms with van der Waals surface area (Å²) in [6, 6.07) is 12.0. The Labute approximate surface area is 201 Å². The largest absolute Gasteiger partial charge is 0.368 e. The lowest BCUT2D eigenvalue weighted by Crippen LogP contribution is -2.32. The van der Waals surface area contributed by atoms with Crippen LogP contribution in [0.5, 0.6) is 0 Å². The number of rotatable bonds is 8. The average molecular weight is 473 g/mol. The molecule has 0 unspecified atom stereocenters. The number of hydrogen-bond acceptors (Lipinski definition) is 8. The van der Waals surface area contributed by atoms with E-state index in [1.165, 1.54) is 12.3 Å². The van der Waals surface area contributed by atoms with Crippen molar-refractivity contribution in [3.8, 4) is 11.3 Å². The van der Waals surface area contributed by atoms with Gasteiger partial charge >= 0.3 is 6.03 Å². The van der Waals surface area contributed by atoms with Gasteiger partial charge in [-0.15, -0.1) is 0 Å². The molecule has 1 aromatic carbocycles. The SMILES string of the molecule is CC1=CN(C(=O)Nc2ccc(-c3ccnc(NCCNc4ccc([N+](=O)[O-])cn4)n3)cc2)CC=C1. The number of anilines is 3. The van der Waals surface area contributed by atoms with Crippen molar-refractivity contribution in [3.05, 3.63) is 88.9 Å². The highest BCUT2D eigenvalue weighted by atomic mass is 16.6. The van der Waals surface area contributed by atoms with Crippen LogP contribution >= 0.6 is 0 Å². The summed E-state index contributed by atoms with van der Waals surface area (Å²) in [4.78, 5) is 37.1. The van der Waals surface area contributed by atoms with E-state index in [0.717, 1.165) is 16.8 Å². The predicted molar refractivity (Wildman–Crippen MR) is 134 cm³/mol. The second-order valence-electron chi connectivity index (χ2n) is 7.71. The molecule has 0 saturated heterocycles. The summed E-state index contributed by atoms with van der Waals surface area (Å²) in [6.07, 6.45) is 8.63. The van der Waals surface area contributed by atoms with Gasteiger partial charge in [-0.3, -0.25) is 15.0 Å². The minimum absolute atomic E-state index is 0.0547. The first-order chi connectivity index (χ1) is 17.0. The Morgan fingerprint density at radius 3 is 2.60 bits per heavy atom. The fraction of sp³-hybridized carbons (Fsp3) is 0.167. The molecule has 1 aliphatic heterocycles. The van der Waals surface area contributed by atoms with Gasteiger partial charge in [0, 0.05) is 49.3 Å². The molecule has 2 aromatic heterocycles. The molecule has 4 rings (SSSR count). The fourth-order valence-electron chi connectivity index (χ4n) is 3.32. The van der Waals surface area contributed by atoms with Crippen molar-refractivity contribution in [1.29, 1.82) is 0 Å². The summed E-state index contributed by atoms with van der Waals surface area (Å²) in [7, 11) is 0. The van der Waals surface area contributed by atoms with Gasteiger partial charge in [-0.05, 0) is 36.8 Å². The van der Waals surface area contributed by atoms with Crippen LogP contribution in [0.3, 0.4) is 0 Å². The van der Waals surface area contributed by atoms with Crippen LogP contribution in [0.15, 0.2) is 78.8 Å². The monoisotopic (exact) mass is 472 g/mol. The quantitative estimate of drug-likeness (QED) is 0.251. The molecule has 3 N–H and O–H groups in total. The highest BCUT2D eigenvalue weighted by Gasteiger charge is 2.12. The first-order valence-corrected chi connectivity index (χ1v) is 10.9. The van der Waals surface area contributed by atoms with Gasteiger partial charge in [0.1, 0.15) is 12.0 Å². The number of carbonyl (C=O) groups excluding carboxylic acids is 1. The molecule has 35 heavy (non-hydrogen) atoms. The van der Waals surface area contributed by atoms with Crippen LogP contribution in [0.1, 0.15) is 6.92 Å². The second kappa shape index (κ2) is 10.9. The lowest BCUT2D eigenvalue weighted by atomic mass is 10.1. The van der Waals surface area contributed by atoms with Gasteiger partial charge in [0.15, 0.2) is 0 Å². The third kappa shape index (κ3) is 6.38. The summed E-state index contributed by atoms with van der Waals surface area (Å²) in [5.41, 5.74) is 3.29. The van der Waals surface area contributed by atoms with Crippen molar-refractivity contribution >= 4 is 29.2 Å². The Balaban J connectivity index is 1.29. The number of nitrogens with one attached hydrogen (secondary N) is 3. The van der Waals surface area contributed by atoms with E-state index in [0.29, 0.717) is 37.1 Å². The number of allylic oxidation sites excluding steroid dienone is 2. The molecule has 0 atom stereocenters. The van der Waals surface area contributed by atoms with E-state index in [-0.39, 0.29) is 11.7 Å². The number of carbonyl (C=O) groups is 1. The zero-order chi connectivity index (χ0) is 24.6. The molecule has 0 saturated carbocycles. The molecule has 1 aliphatic rings. The number of pyridine rings is 1. The molecule has 0 aliphatic carbocycles. The van der Waals surface area contributed by atoms with Crippen LogP contribution < -0.4 is 16.0 Å². The summed E-state index contributed by atoms with van der Waals surface area (Å²) in [5, 5.41) is 19.8. The van der Waals surface area contributed by atoms with Crippen LogP contribution in [0.4, 0.5) is 27.9 Å². The summed E-state index contributed by atoms with van der Waals surface area (Å²) < 4.78 is 0. The number of nitrogens with zero attached hydrogens (tertiary/aromatic N) is 5. The Kier molecular flexibility index (Phi) is 7.26. The molecular weight excluding hydrogens is 448 g/mol. The zero-order valence-electron chi connectivity index (χ0n) is 19.0. The lowest BCUT2D eigenvalue weighted by Gasteiger charge is -2.20. The lowest BCUT2D eigenvalue weighted by molar-refractivity contribution is -0.385. The Morgan fingerprint density at radius 1 is 1.09 bits per heavy atom. The van der Waals surface area contributed by atoms with E-state index < -0.39 is 4.92 Å². The van der Waals surface area contributed by atoms with Gasteiger partial charge in [0.25, 0.3) is 5.69 Å². The van der Waals surface area contributed by atoms with E-state index in [1.54, 1.807) is 17.2 Å². The smallest absolute Gasteiger partial charge is 0.326 e. The second-order valence-corrected chi connectivity index (χ2v) is 7.71. The molecule has 0 fully saturated rings. The third-order valence-corrected chi connectivity index (χ3v) is 5.06. The first kappa shape index (κ1) is 23.4. The summed E-state index contributed by atoms with van der Waals surface area (Å²) in [6.45, 7) is 3.53. The number of hydrogen-bond donors (Lipinski definition) is 3. The van der Waals surface area contributed by atoms with Crippen LogP contribution in [0.25, 0.3) is 11.3 Å². The van der Waals surface area contributed by atoms with E-state index >= 15 is 0 Å². The summed E-state index contributed by atoms with van der Waals surface area (Å²) in [5.74, 6) is 1.01. The van der Waals surface area contributed by atoms with Gasteiger partial charge < -0.3 is 16.0 Å². The number of urea groups is 1. The molecule has 0 radical (unpaired) electrons. The molecule has 3 heterocycles. The Hall–Kier alpha value is -4.80. The third-order valence-electron chi connectivity index (χ3n) is 5.06. The molecule has 0 bridgehead atoms. The van der Waals surface area contributed by atoms with Crippen LogP contribution in [0.2, 0.25) is 0 Å². The van der Waals surface area contributed by atoms with Gasteiger partial charge in [-0.25, -0.2) is 19.7 Å². The van der Waals surface area contributed by atoms with Gasteiger partial charge in [-0.2, -0.15) is 0 Å². The van der Waals surface area contributed by atoms with Crippen LogP contribution in [0, 0.1) is 10.1 Å². The first-order valence-electron chi connectivity index (χ1n) is 10.9. The molecular formula is C24H24N8O3. The van der Waals surface area contributed by atoms with Crippen molar-refractivity contribution in [2.75, 3.05) is 35.6 Å². The molecule has 2 amide bonds. The number of aromatic nitrogens is 3. The topological polar surface area (TPSA) is 138 Å². The van der Waals surface area contributed by atoms with Crippen molar-refractivity contribution in [3.63, 3.8) is 0 Å². The molecule has 178 valence electrons. The molecule has 11 heteroatoms. The highest BCUT2D eigenvalue weighted by molar-refractivity contribution is 5.90. The van der Waals surface area contributed by atoms with Crippen molar-refractivity contribution in [2.45, 2.75) is 6.92 Å². The van der Waals surface area contributed by atoms with Crippen LogP contribution in [-0.4, -0.2) is 50.4 Å². The average Bonchev–Trinajstić information content (AvgIpc) is 2.87. The van der Waals surface area contributed by atoms with Gasteiger partial charge in [0.2, 0.25) is 5.95 Å². The maximum absolute atomic E-state index is 12.4. The van der Waals surface area contributed by atoms with E-state index in [4.69, 9.17) is 0 Å². The Bertz CT molecular complexity index is 1260. The number of nitro groups is 1. The van der Waals surface area contributed by atoms with E-state index in [1.807, 2.05) is 55.6 Å². The van der Waals surface area contributed by atoms with Crippen LogP contribution in [-0.2, 0) is 0 Å². The summed E-state index contributed by atoms with van der Waals surface area (Å²) >= 11 is 0. The fourth-order valence-corrected chi connectivity index (χ4v) is 3.32. The van der Waals surface area contributed by atoms with Gasteiger partial charge in [-0.1, -0.05) is 24.3 Å². The maximum atomic E-state index is 12.4. The van der Waals surface area contributed by atoms with E-state index in [9.17, 15) is 14.9 Å². The Morgan fingerprint density at radius 2 is 1.89 bits per heavy atom. The molecule has 11 nitrogen and oxygen atoms in total. The van der Waals surface area contributed by atoms with Crippen molar-refractivity contribution in [2.24, 2.45) is 0 Å². The normalized spacial score (nSPS) is 12.6. The minimum Gasteiger partial charge on any atom is -0.368 e. The minimum atomic E-state index is -0.488. The van der Waals surface area contributed by atoms with Gasteiger partial charge in [0.05, 0.1) is 10.6 Å². The zero-order valence-corrected chi connectivity index (χ0v) is 19.0.